The van der Waals surface area contributed by atoms with Crippen LogP contribution in [0, 0.1) is 13.8 Å². The van der Waals surface area contributed by atoms with Gasteiger partial charge < -0.3 is 15.4 Å². The fourth-order valence-corrected chi connectivity index (χ4v) is 2.41. The summed E-state index contributed by atoms with van der Waals surface area (Å²) < 4.78 is 6.66. The highest BCUT2D eigenvalue weighted by atomic mass is 35.5. The molecule has 2 N–H and O–H groups in total. The van der Waals surface area contributed by atoms with E-state index in [0.717, 1.165) is 29.0 Å². The van der Waals surface area contributed by atoms with Gasteiger partial charge in [-0.2, -0.15) is 5.10 Å². The molecule has 0 atom stereocenters. The van der Waals surface area contributed by atoms with Crippen LogP contribution in [0.5, 0.6) is 0 Å². The molecule has 0 saturated carbocycles. The topological polar surface area (TPSA) is 81.1 Å². The summed E-state index contributed by atoms with van der Waals surface area (Å²) >= 11 is 0. The Morgan fingerprint density at radius 1 is 1.25 bits per heavy atom. The number of methoxy groups -OCH3 is 1. The van der Waals surface area contributed by atoms with Crippen molar-refractivity contribution in [1.82, 2.24) is 25.4 Å². The van der Waals surface area contributed by atoms with E-state index >= 15 is 0 Å². The Balaban J connectivity index is 0.00000264. The third-order valence-corrected chi connectivity index (χ3v) is 3.41. The first-order chi connectivity index (χ1) is 10.5. The molecule has 0 spiro atoms. The second kappa shape index (κ2) is 10.5. The van der Waals surface area contributed by atoms with Crippen LogP contribution in [-0.2, 0) is 11.8 Å². The van der Waals surface area contributed by atoms with E-state index in [4.69, 9.17) is 4.74 Å². The summed E-state index contributed by atoms with van der Waals surface area (Å²) in [5.41, 5.74) is 2.98. The molecular formula is C15H25Cl2N5O2. The molecule has 0 radical (unpaired) electrons. The number of fused-ring (bicyclic) bond motifs is 1. The number of nitrogens with one attached hydrogen (secondary N) is 2. The number of ether oxygens (including phenoxy) is 1. The highest BCUT2D eigenvalue weighted by Crippen LogP contribution is 2.21. The molecule has 9 heteroatoms. The summed E-state index contributed by atoms with van der Waals surface area (Å²) in [4.78, 5) is 16.9. The van der Waals surface area contributed by atoms with Crippen molar-refractivity contribution in [2.24, 2.45) is 7.05 Å². The lowest BCUT2D eigenvalue weighted by molar-refractivity contribution is 0.0955. The third kappa shape index (κ3) is 5.31. The number of carbonyl (C=O) groups is 1. The van der Waals surface area contributed by atoms with E-state index in [1.54, 1.807) is 11.8 Å². The lowest BCUT2D eigenvalue weighted by Gasteiger charge is -2.08. The summed E-state index contributed by atoms with van der Waals surface area (Å²) in [5.74, 6) is -0.0971. The van der Waals surface area contributed by atoms with Crippen LogP contribution >= 0.6 is 24.8 Å². The number of nitrogens with zero attached hydrogens (tertiary/aromatic N) is 3. The van der Waals surface area contributed by atoms with Crippen molar-refractivity contribution in [3.8, 4) is 0 Å². The Hall–Kier alpha value is -1.41. The average Bonchev–Trinajstić information content (AvgIpc) is 2.76. The highest BCUT2D eigenvalue weighted by molar-refractivity contribution is 6.06. The first-order valence-corrected chi connectivity index (χ1v) is 7.33. The maximum Gasteiger partial charge on any atom is 0.252 e. The van der Waals surface area contributed by atoms with Crippen molar-refractivity contribution in [3.63, 3.8) is 0 Å². The smallest absolute Gasteiger partial charge is 0.252 e. The molecule has 2 aromatic heterocycles. The Labute approximate surface area is 154 Å². The number of carbonyl (C=O) groups excluding carboxylic acids is 1. The van der Waals surface area contributed by atoms with Gasteiger partial charge in [-0.1, -0.05) is 0 Å². The van der Waals surface area contributed by atoms with Crippen LogP contribution in [0.25, 0.3) is 11.0 Å². The van der Waals surface area contributed by atoms with Crippen molar-refractivity contribution in [2.45, 2.75) is 13.8 Å². The predicted octanol–water partition coefficient (Wildman–Crippen LogP) is 1.39. The van der Waals surface area contributed by atoms with Crippen molar-refractivity contribution in [3.05, 3.63) is 23.0 Å². The zero-order valence-corrected chi connectivity index (χ0v) is 16.0. The third-order valence-electron chi connectivity index (χ3n) is 3.41. The van der Waals surface area contributed by atoms with E-state index in [2.05, 4.69) is 20.7 Å². The molecule has 2 aromatic rings. The van der Waals surface area contributed by atoms with Gasteiger partial charge in [0, 0.05) is 39.5 Å². The molecular weight excluding hydrogens is 353 g/mol. The van der Waals surface area contributed by atoms with Gasteiger partial charge in [0.1, 0.15) is 0 Å². The van der Waals surface area contributed by atoms with E-state index in [0.29, 0.717) is 25.3 Å². The van der Waals surface area contributed by atoms with Crippen molar-refractivity contribution < 1.29 is 9.53 Å². The Morgan fingerprint density at radius 2 is 1.96 bits per heavy atom. The fraction of sp³-hybridized carbons (Fsp3) is 0.533. The Morgan fingerprint density at radius 3 is 2.62 bits per heavy atom. The maximum atomic E-state index is 12.4. The van der Waals surface area contributed by atoms with Crippen LogP contribution in [0.2, 0.25) is 0 Å². The van der Waals surface area contributed by atoms with E-state index in [1.165, 1.54) is 0 Å². The number of aryl methyl sites for hydroxylation is 3. The van der Waals surface area contributed by atoms with Gasteiger partial charge in [0.05, 0.1) is 23.3 Å². The van der Waals surface area contributed by atoms with Crippen molar-refractivity contribution in [1.29, 1.82) is 0 Å². The second-order valence-electron chi connectivity index (χ2n) is 5.22. The molecule has 0 aliphatic rings. The van der Waals surface area contributed by atoms with Crippen LogP contribution in [0.3, 0.4) is 0 Å². The van der Waals surface area contributed by atoms with Crippen LogP contribution in [0.4, 0.5) is 0 Å². The summed E-state index contributed by atoms with van der Waals surface area (Å²) in [6.45, 7) is 6.46. The second-order valence-corrected chi connectivity index (χ2v) is 5.22. The quantitative estimate of drug-likeness (QED) is 0.712. The van der Waals surface area contributed by atoms with Crippen LogP contribution < -0.4 is 10.6 Å². The first kappa shape index (κ1) is 22.6. The molecule has 0 aliphatic heterocycles. The zero-order chi connectivity index (χ0) is 16.1. The van der Waals surface area contributed by atoms with Crippen LogP contribution in [0.15, 0.2) is 6.07 Å². The molecule has 0 aromatic carbocycles. The van der Waals surface area contributed by atoms with E-state index < -0.39 is 0 Å². The molecule has 7 nitrogen and oxygen atoms in total. The van der Waals surface area contributed by atoms with Gasteiger partial charge in [-0.15, -0.1) is 24.8 Å². The molecule has 2 heterocycles. The number of hydrogen-bond acceptors (Lipinski definition) is 5. The monoisotopic (exact) mass is 377 g/mol. The lowest BCUT2D eigenvalue weighted by atomic mass is 10.1. The number of pyridine rings is 1. The van der Waals surface area contributed by atoms with E-state index in [9.17, 15) is 4.79 Å². The van der Waals surface area contributed by atoms with Gasteiger partial charge in [0.25, 0.3) is 5.91 Å². The van der Waals surface area contributed by atoms with Gasteiger partial charge in [-0.25, -0.2) is 4.98 Å². The summed E-state index contributed by atoms with van der Waals surface area (Å²) in [5, 5.41) is 11.3. The SMILES string of the molecule is COCCNCCNC(=O)c1cc(C)nc2c1c(C)nn2C.Cl.Cl. The van der Waals surface area contributed by atoms with Gasteiger partial charge in [0.2, 0.25) is 0 Å². The molecule has 0 saturated heterocycles. The molecule has 2 rings (SSSR count). The number of hydrogen-bond donors (Lipinski definition) is 2. The Kier molecular flexibility index (Phi) is 9.84. The largest absolute Gasteiger partial charge is 0.383 e. The number of aromatic nitrogens is 3. The minimum absolute atomic E-state index is 0. The molecule has 0 unspecified atom stereocenters. The normalized spacial score (nSPS) is 10.2. The zero-order valence-electron chi connectivity index (χ0n) is 14.4. The summed E-state index contributed by atoms with van der Waals surface area (Å²) in [6.07, 6.45) is 0. The number of amides is 1. The molecule has 0 aliphatic carbocycles. The molecule has 0 bridgehead atoms. The van der Waals surface area contributed by atoms with Gasteiger partial charge in [-0.3, -0.25) is 9.48 Å². The highest BCUT2D eigenvalue weighted by Gasteiger charge is 2.17. The van der Waals surface area contributed by atoms with E-state index in [1.807, 2.05) is 27.0 Å². The van der Waals surface area contributed by atoms with E-state index in [-0.39, 0.29) is 30.7 Å². The Bertz CT molecular complexity index is 675. The molecule has 24 heavy (non-hydrogen) atoms. The standard InChI is InChI=1S/C15H23N5O2.2ClH/c1-10-9-12(13-11(2)19-20(3)14(13)18-10)15(21)17-6-5-16-7-8-22-4;;/h9,16H,5-8H2,1-4H3,(H,17,21);2*1H. The van der Waals surface area contributed by atoms with Crippen molar-refractivity contribution >= 4 is 41.8 Å². The van der Waals surface area contributed by atoms with Gasteiger partial charge in [0.15, 0.2) is 5.65 Å². The molecule has 0 fully saturated rings. The van der Waals surface area contributed by atoms with Crippen LogP contribution in [0.1, 0.15) is 21.7 Å². The maximum absolute atomic E-state index is 12.4. The van der Waals surface area contributed by atoms with Gasteiger partial charge in [-0.05, 0) is 19.9 Å². The minimum atomic E-state index is -0.0971. The van der Waals surface area contributed by atoms with Crippen LogP contribution in [-0.4, -0.2) is 54.0 Å². The molecule has 1 amide bonds. The molecule has 136 valence electrons. The number of halogens is 2. The minimum Gasteiger partial charge on any atom is -0.383 e. The summed E-state index contributed by atoms with van der Waals surface area (Å²) in [7, 11) is 3.50. The first-order valence-electron chi connectivity index (χ1n) is 7.33. The van der Waals surface area contributed by atoms with Crippen molar-refractivity contribution in [2.75, 3.05) is 33.4 Å². The number of rotatable bonds is 7. The lowest BCUT2D eigenvalue weighted by Crippen LogP contribution is -2.33. The average molecular weight is 378 g/mol. The predicted molar refractivity (Wildman–Crippen MR) is 99.6 cm³/mol. The van der Waals surface area contributed by atoms with Gasteiger partial charge >= 0.3 is 0 Å². The summed E-state index contributed by atoms with van der Waals surface area (Å²) in [6, 6.07) is 1.81. The fourth-order valence-electron chi connectivity index (χ4n) is 2.41.